The van der Waals surface area contributed by atoms with Crippen LogP contribution in [0.1, 0.15) is 47.7 Å². The standard InChI is InChI=1S/C30H33F3N8O2/c1-3-39-8-10-40(11-9-39)17-21-5-4-20(12-24(21)30(31,32)33)13-26(42)41-16-19(2)27-22(18-41)14-23(15-35-27)43-25-6-7-34-29-28(25)36-38-37-29/h4-7,12,14-15,19H,3,8-11,13,16-18H2,1-2H3,(H,34,36,37,38). The second kappa shape index (κ2) is 11.9. The SMILES string of the molecule is CCN1CCN(Cc2ccc(CC(=O)N3Cc4cc(Oc5ccnc6n[nH]nc56)cnc4C(C)C3)cc2C(F)(F)F)CC1. The van der Waals surface area contributed by atoms with Gasteiger partial charge in [-0.3, -0.25) is 14.7 Å². The summed E-state index contributed by atoms with van der Waals surface area (Å²) in [6.07, 6.45) is -1.43. The van der Waals surface area contributed by atoms with Crippen molar-refractivity contribution < 1.29 is 22.7 Å². The fraction of sp³-hybridized carbons (Fsp3) is 0.433. The molecule has 10 nitrogen and oxygen atoms in total. The number of benzene rings is 1. The minimum absolute atomic E-state index is 0.0498. The van der Waals surface area contributed by atoms with E-state index in [0.29, 0.717) is 34.8 Å². The number of aromatic amines is 1. The number of pyridine rings is 2. The zero-order valence-electron chi connectivity index (χ0n) is 24.1. The molecule has 0 spiro atoms. The van der Waals surface area contributed by atoms with Gasteiger partial charge in [-0.2, -0.15) is 23.5 Å². The van der Waals surface area contributed by atoms with Gasteiger partial charge in [0.1, 0.15) is 5.75 Å². The maximum atomic E-state index is 14.1. The summed E-state index contributed by atoms with van der Waals surface area (Å²) in [6.45, 7) is 9.11. The molecule has 0 saturated carbocycles. The number of fused-ring (bicyclic) bond motifs is 2. The Balaban J connectivity index is 1.16. The zero-order chi connectivity index (χ0) is 30.1. The number of hydrogen-bond donors (Lipinski definition) is 1. The Bertz CT molecular complexity index is 1620. The van der Waals surface area contributed by atoms with Crippen LogP contribution in [0, 0.1) is 0 Å². The number of aromatic nitrogens is 5. The van der Waals surface area contributed by atoms with Crippen LogP contribution in [-0.4, -0.2) is 85.3 Å². The first-order chi connectivity index (χ1) is 20.7. The summed E-state index contributed by atoms with van der Waals surface area (Å²) in [5.74, 6) is 0.645. The molecule has 0 aliphatic carbocycles. The van der Waals surface area contributed by atoms with E-state index in [4.69, 9.17) is 4.74 Å². The van der Waals surface area contributed by atoms with Gasteiger partial charge < -0.3 is 14.5 Å². The number of hydrogen-bond acceptors (Lipinski definition) is 8. The van der Waals surface area contributed by atoms with Crippen LogP contribution >= 0.6 is 0 Å². The number of rotatable bonds is 7. The zero-order valence-corrected chi connectivity index (χ0v) is 24.1. The minimum Gasteiger partial charge on any atom is -0.453 e. The van der Waals surface area contributed by atoms with Gasteiger partial charge in [-0.1, -0.05) is 26.0 Å². The number of nitrogens with zero attached hydrogens (tertiary/aromatic N) is 7. The Kier molecular flexibility index (Phi) is 8.01. The summed E-state index contributed by atoms with van der Waals surface area (Å²) in [4.78, 5) is 28.1. The van der Waals surface area contributed by atoms with Gasteiger partial charge in [0.05, 0.1) is 23.9 Å². The molecule has 6 rings (SSSR count). The molecule has 0 bridgehead atoms. The van der Waals surface area contributed by atoms with Crippen molar-refractivity contribution in [2.45, 2.75) is 45.5 Å². The lowest BCUT2D eigenvalue weighted by molar-refractivity contribution is -0.138. The fourth-order valence-electron chi connectivity index (χ4n) is 5.87. The molecule has 4 aromatic rings. The second-order valence-corrected chi connectivity index (χ2v) is 11.2. The number of nitrogens with one attached hydrogen (secondary N) is 1. The van der Waals surface area contributed by atoms with Gasteiger partial charge in [-0.15, -0.1) is 5.10 Å². The molecule has 5 heterocycles. The van der Waals surface area contributed by atoms with E-state index < -0.39 is 11.7 Å². The van der Waals surface area contributed by atoms with Gasteiger partial charge in [0.2, 0.25) is 11.6 Å². The van der Waals surface area contributed by atoms with E-state index in [9.17, 15) is 18.0 Å². The van der Waals surface area contributed by atoms with E-state index in [1.807, 2.05) is 13.0 Å². The Morgan fingerprint density at radius 2 is 1.86 bits per heavy atom. The highest BCUT2D eigenvalue weighted by Crippen LogP contribution is 2.35. The molecule has 0 radical (unpaired) electrons. The van der Waals surface area contributed by atoms with Gasteiger partial charge >= 0.3 is 6.18 Å². The highest BCUT2D eigenvalue weighted by molar-refractivity contribution is 5.79. The summed E-state index contributed by atoms with van der Waals surface area (Å²) >= 11 is 0. The van der Waals surface area contributed by atoms with Gasteiger partial charge in [0.25, 0.3) is 0 Å². The first kappa shape index (κ1) is 29.0. The number of halogens is 3. The highest BCUT2D eigenvalue weighted by atomic mass is 19.4. The van der Waals surface area contributed by atoms with Gasteiger partial charge in [0, 0.05) is 64.0 Å². The number of carbonyl (C=O) groups excluding carboxylic acids is 1. The molecule has 1 atom stereocenters. The second-order valence-electron chi connectivity index (χ2n) is 11.2. The Labute approximate surface area is 246 Å². The van der Waals surface area contributed by atoms with Crippen molar-refractivity contribution in [1.29, 1.82) is 0 Å². The maximum absolute atomic E-state index is 14.1. The van der Waals surface area contributed by atoms with Crippen LogP contribution in [0.15, 0.2) is 42.7 Å². The van der Waals surface area contributed by atoms with Crippen LogP contribution in [0.2, 0.25) is 0 Å². The molecule has 2 aliphatic rings. The number of carbonyl (C=O) groups is 1. The lowest BCUT2D eigenvalue weighted by atomic mass is 9.95. The number of amides is 1. The first-order valence-corrected chi connectivity index (χ1v) is 14.4. The van der Waals surface area contributed by atoms with E-state index in [2.05, 4.69) is 42.1 Å². The molecule has 1 unspecified atom stereocenters. The molecule has 1 amide bonds. The summed E-state index contributed by atoms with van der Waals surface area (Å²) < 4.78 is 48.4. The predicted molar refractivity (Wildman–Crippen MR) is 152 cm³/mol. The summed E-state index contributed by atoms with van der Waals surface area (Å²) in [7, 11) is 0. The summed E-state index contributed by atoms with van der Waals surface area (Å²) in [5, 5.41) is 10.6. The van der Waals surface area contributed by atoms with E-state index in [-0.39, 0.29) is 36.9 Å². The number of H-pyrrole nitrogens is 1. The number of piperazine rings is 1. The Morgan fingerprint density at radius 3 is 2.63 bits per heavy atom. The summed E-state index contributed by atoms with van der Waals surface area (Å²) in [5.41, 5.74) is 2.51. The van der Waals surface area contributed by atoms with Crippen LogP contribution in [-0.2, 0) is 30.5 Å². The molecule has 3 aromatic heterocycles. The molecular weight excluding hydrogens is 561 g/mol. The molecule has 226 valence electrons. The normalized spacial score (nSPS) is 18.2. The van der Waals surface area contributed by atoms with Crippen molar-refractivity contribution in [3.8, 4) is 11.5 Å². The third kappa shape index (κ3) is 6.32. The topological polar surface area (TPSA) is 103 Å². The van der Waals surface area contributed by atoms with Crippen molar-refractivity contribution in [3.63, 3.8) is 0 Å². The Morgan fingerprint density at radius 1 is 1.07 bits per heavy atom. The van der Waals surface area contributed by atoms with E-state index in [1.165, 1.54) is 6.07 Å². The van der Waals surface area contributed by atoms with Gasteiger partial charge in [0.15, 0.2) is 11.3 Å². The number of alkyl halides is 3. The third-order valence-electron chi connectivity index (χ3n) is 8.21. The molecular formula is C30H33F3N8O2. The average molecular weight is 595 g/mol. The fourth-order valence-corrected chi connectivity index (χ4v) is 5.87. The molecule has 2 aliphatic heterocycles. The van der Waals surface area contributed by atoms with E-state index in [1.54, 1.807) is 29.4 Å². The molecule has 1 saturated heterocycles. The third-order valence-corrected chi connectivity index (χ3v) is 8.21. The van der Waals surface area contributed by atoms with Crippen LogP contribution in [0.4, 0.5) is 13.2 Å². The van der Waals surface area contributed by atoms with Crippen molar-refractivity contribution in [1.82, 2.24) is 40.1 Å². The molecule has 1 N–H and O–H groups in total. The highest BCUT2D eigenvalue weighted by Gasteiger charge is 2.35. The van der Waals surface area contributed by atoms with Crippen LogP contribution in [0.3, 0.4) is 0 Å². The monoisotopic (exact) mass is 594 g/mol. The number of ether oxygens (including phenoxy) is 1. The van der Waals surface area contributed by atoms with Crippen molar-refractivity contribution >= 4 is 17.1 Å². The van der Waals surface area contributed by atoms with E-state index in [0.717, 1.165) is 50.0 Å². The van der Waals surface area contributed by atoms with E-state index >= 15 is 0 Å². The lowest BCUT2D eigenvalue weighted by Gasteiger charge is -2.34. The molecule has 43 heavy (non-hydrogen) atoms. The van der Waals surface area contributed by atoms with Gasteiger partial charge in [-0.25, -0.2) is 4.98 Å². The van der Waals surface area contributed by atoms with Gasteiger partial charge in [-0.05, 0) is 35.4 Å². The smallest absolute Gasteiger partial charge is 0.416 e. The summed E-state index contributed by atoms with van der Waals surface area (Å²) in [6, 6.07) is 7.84. The maximum Gasteiger partial charge on any atom is 0.416 e. The van der Waals surface area contributed by atoms with Crippen LogP contribution in [0.25, 0.3) is 11.2 Å². The predicted octanol–water partition coefficient (Wildman–Crippen LogP) is 4.38. The largest absolute Gasteiger partial charge is 0.453 e. The Hall–Kier alpha value is -4.10. The van der Waals surface area contributed by atoms with Crippen LogP contribution in [0.5, 0.6) is 11.5 Å². The average Bonchev–Trinajstić information content (AvgIpc) is 3.48. The van der Waals surface area contributed by atoms with Crippen molar-refractivity contribution in [2.75, 3.05) is 39.3 Å². The number of likely N-dealkylation sites (N-methyl/N-ethyl adjacent to an activating group) is 1. The van der Waals surface area contributed by atoms with Crippen LogP contribution < -0.4 is 4.74 Å². The molecule has 1 aromatic carbocycles. The molecule has 1 fully saturated rings. The van der Waals surface area contributed by atoms with Crippen molar-refractivity contribution in [3.05, 3.63) is 70.7 Å². The first-order valence-electron chi connectivity index (χ1n) is 14.4. The molecule has 13 heteroatoms. The van der Waals surface area contributed by atoms with Crippen molar-refractivity contribution in [2.24, 2.45) is 0 Å². The minimum atomic E-state index is -4.51. The lowest BCUT2D eigenvalue weighted by Crippen LogP contribution is -2.45. The quantitative estimate of drug-likeness (QED) is 0.336.